The number of rotatable bonds is 15. The van der Waals surface area contributed by atoms with Crippen molar-refractivity contribution in [1.82, 2.24) is 24.8 Å². The van der Waals surface area contributed by atoms with Gasteiger partial charge in [0.05, 0.1) is 22.4 Å². The van der Waals surface area contributed by atoms with Crippen molar-refractivity contribution in [2.24, 2.45) is 11.8 Å². The first-order valence-corrected chi connectivity index (χ1v) is 25.3. The van der Waals surface area contributed by atoms with Gasteiger partial charge in [0.2, 0.25) is 0 Å². The van der Waals surface area contributed by atoms with Gasteiger partial charge in [-0.1, -0.05) is 65.4 Å². The summed E-state index contributed by atoms with van der Waals surface area (Å²) in [5, 5.41) is 1.08. The summed E-state index contributed by atoms with van der Waals surface area (Å²) in [4.78, 5) is 62.1. The molecular formula is C55H77F3N6O7. The molecule has 2 aromatic carbocycles. The van der Waals surface area contributed by atoms with E-state index in [-0.39, 0.29) is 57.2 Å². The van der Waals surface area contributed by atoms with E-state index in [9.17, 15) is 23.2 Å². The van der Waals surface area contributed by atoms with E-state index in [0.29, 0.717) is 67.1 Å². The van der Waals surface area contributed by atoms with E-state index in [0.717, 1.165) is 70.6 Å². The Hall–Kier alpha value is -5.21. The van der Waals surface area contributed by atoms with Gasteiger partial charge in [-0.3, -0.25) is 19.6 Å². The fraction of sp³-hybridized carbons (Fsp3) is 0.600. The van der Waals surface area contributed by atoms with Crippen LogP contribution >= 0.6 is 0 Å². The Labute approximate surface area is 418 Å². The summed E-state index contributed by atoms with van der Waals surface area (Å²) in [6, 6.07) is 6.44. The second kappa shape index (κ2) is 28.1. The smallest absolute Gasteiger partial charge is 0.347 e. The van der Waals surface area contributed by atoms with E-state index >= 15 is 4.39 Å². The van der Waals surface area contributed by atoms with Gasteiger partial charge >= 0.3 is 11.7 Å². The molecule has 2 aromatic heterocycles. The molecule has 6 heterocycles. The minimum absolute atomic E-state index is 0.0589. The van der Waals surface area contributed by atoms with Crippen molar-refractivity contribution >= 4 is 46.5 Å². The highest BCUT2D eigenvalue weighted by atomic mass is 19.1. The standard InChI is InChI=1S/C34H35F2N5O3.C8H14FN.C8H16O.C4H10O2.CH2O/c1-5-8-19(9-6-2)33(42)44-23-14-20-10-13-27(35)24(7-3)28(20)25(15-23)30-29(36)31-26(16-37-30)32(39-34(43)38-31)41-17-21-11-12-22(18-41)40(21)4;1-8-3-2-4-10(8)6-7(9)5-8;1-3-5-8(7-9)6-4-2;1-4(5-2)6-3;1-2/h3,10,13-16,19,21-22H,5-6,8-9,11-12,17-18H2,1-2,4H3,(H,38,39,43);7H,2-6H2,1H3;7-8H,3-6H2,1-2H3;4H,1-3H3;1H2/t;7-,8+;;;/m.1.../s1. The van der Waals surface area contributed by atoms with Crippen LogP contribution < -0.4 is 15.3 Å². The van der Waals surface area contributed by atoms with Crippen molar-refractivity contribution < 1.29 is 41.8 Å². The number of benzene rings is 2. The van der Waals surface area contributed by atoms with Crippen LogP contribution in [0.2, 0.25) is 0 Å². The summed E-state index contributed by atoms with van der Waals surface area (Å²) in [5.41, 5.74) is -0.585. The number of carbonyl (C=O) groups excluding carboxylic acids is 3. The number of esters is 1. The maximum absolute atomic E-state index is 16.6. The highest BCUT2D eigenvalue weighted by molar-refractivity contribution is 6.03. The monoisotopic (exact) mass is 991 g/mol. The first-order chi connectivity index (χ1) is 34.1. The zero-order valence-corrected chi connectivity index (χ0v) is 43.5. The molecular weight excluding hydrogens is 914 g/mol. The molecule has 4 atom stereocenters. The van der Waals surface area contributed by atoms with Gasteiger partial charge in [0.15, 0.2) is 12.1 Å². The second-order valence-corrected chi connectivity index (χ2v) is 19.2. The number of anilines is 1. The van der Waals surface area contributed by atoms with Gasteiger partial charge in [-0.15, -0.1) is 6.42 Å². The third-order valence-electron chi connectivity index (χ3n) is 14.3. The number of halogens is 3. The first-order valence-electron chi connectivity index (χ1n) is 25.3. The zero-order valence-electron chi connectivity index (χ0n) is 43.5. The number of likely N-dealkylation sites (N-methyl/N-ethyl adjacent to an activating group) is 1. The lowest BCUT2D eigenvalue weighted by atomic mass is 9.95. The van der Waals surface area contributed by atoms with E-state index in [1.165, 1.54) is 37.2 Å². The summed E-state index contributed by atoms with van der Waals surface area (Å²) in [6.07, 6.45) is 20.4. The molecule has 4 aliphatic heterocycles. The highest BCUT2D eigenvalue weighted by Gasteiger charge is 2.45. The third kappa shape index (κ3) is 14.7. The number of aromatic amines is 1. The van der Waals surface area contributed by atoms with E-state index in [1.807, 2.05) is 32.5 Å². The predicted octanol–water partition coefficient (Wildman–Crippen LogP) is 10.2. The van der Waals surface area contributed by atoms with Crippen LogP contribution in [0.3, 0.4) is 0 Å². The van der Waals surface area contributed by atoms with Crippen LogP contribution in [0.25, 0.3) is 32.9 Å². The summed E-state index contributed by atoms with van der Waals surface area (Å²) < 4.78 is 59.5. The molecule has 4 fully saturated rings. The Morgan fingerprint density at radius 2 is 1.62 bits per heavy atom. The number of aromatic nitrogens is 3. The van der Waals surface area contributed by atoms with Crippen molar-refractivity contribution in [3.05, 3.63) is 58.1 Å². The van der Waals surface area contributed by atoms with Gasteiger partial charge in [-0.25, -0.2) is 18.0 Å². The van der Waals surface area contributed by atoms with Crippen LogP contribution in [0.5, 0.6) is 5.75 Å². The zero-order chi connectivity index (χ0) is 52.4. The van der Waals surface area contributed by atoms with E-state index in [1.54, 1.807) is 20.3 Å². The van der Waals surface area contributed by atoms with Crippen LogP contribution in [-0.4, -0.2) is 121 Å². The normalized spacial score (nSPS) is 20.3. The molecule has 2 bridgehead atoms. The molecule has 4 saturated heterocycles. The fourth-order valence-electron chi connectivity index (χ4n) is 10.4. The molecule has 2 unspecified atom stereocenters. The topological polar surface area (TPSA) is 147 Å². The number of hydrogen-bond donors (Lipinski definition) is 1. The molecule has 4 aliphatic rings. The number of ether oxygens (including phenoxy) is 3. The van der Waals surface area contributed by atoms with E-state index < -0.39 is 23.5 Å². The highest BCUT2D eigenvalue weighted by Crippen LogP contribution is 2.41. The summed E-state index contributed by atoms with van der Waals surface area (Å²) >= 11 is 0. The summed E-state index contributed by atoms with van der Waals surface area (Å²) in [5.74, 6) is 1.14. The van der Waals surface area contributed by atoms with Gasteiger partial charge in [0, 0.05) is 74.5 Å². The molecule has 71 heavy (non-hydrogen) atoms. The predicted molar refractivity (Wildman–Crippen MR) is 275 cm³/mol. The van der Waals surface area contributed by atoms with Crippen LogP contribution in [0.1, 0.15) is 131 Å². The van der Waals surface area contributed by atoms with E-state index in [2.05, 4.69) is 68.0 Å². The summed E-state index contributed by atoms with van der Waals surface area (Å²) in [7, 11) is 5.32. The van der Waals surface area contributed by atoms with Crippen molar-refractivity contribution in [3.63, 3.8) is 0 Å². The van der Waals surface area contributed by atoms with Crippen LogP contribution in [0.15, 0.2) is 35.3 Å². The van der Waals surface area contributed by atoms with Gasteiger partial charge < -0.3 is 33.7 Å². The molecule has 0 amide bonds. The van der Waals surface area contributed by atoms with Gasteiger partial charge in [0.25, 0.3) is 0 Å². The van der Waals surface area contributed by atoms with E-state index in [4.69, 9.17) is 16.0 Å². The number of terminal acetylenes is 1. The van der Waals surface area contributed by atoms with Crippen LogP contribution in [0, 0.1) is 35.8 Å². The number of carbonyl (C=O) groups is 3. The second-order valence-electron chi connectivity index (χ2n) is 19.2. The number of nitrogens with zero attached hydrogens (tertiary/aromatic N) is 5. The van der Waals surface area contributed by atoms with Crippen LogP contribution in [0.4, 0.5) is 19.0 Å². The molecule has 1 N–H and O–H groups in total. The maximum Gasteiger partial charge on any atom is 0.347 e. The van der Waals surface area contributed by atoms with Crippen molar-refractivity contribution in [2.45, 2.75) is 155 Å². The number of nitrogens with one attached hydrogen (secondary N) is 1. The number of fused-ring (bicyclic) bond motifs is 5. The lowest BCUT2D eigenvalue weighted by Crippen LogP contribution is -2.52. The SMILES string of the molecule is C#Cc1c(F)ccc2cc(OC(=O)C(CCC)CCC)cc(-c3ncc4c(N5CC6CCC(C5)N6C)nc(=O)[nH]c4c3F)c12.C=O.CCCC(C=O)CCC.COC(C)OC.C[C@@]12CCCN1C[C@H](F)C2. The average molecular weight is 991 g/mol. The molecule has 390 valence electrons. The van der Waals surface area contributed by atoms with Crippen molar-refractivity contribution in [1.29, 1.82) is 0 Å². The van der Waals surface area contributed by atoms with Crippen LogP contribution in [-0.2, 0) is 23.9 Å². The average Bonchev–Trinajstić information content (AvgIpc) is 3.92. The lowest BCUT2D eigenvalue weighted by molar-refractivity contribution is -0.139. The third-order valence-corrected chi connectivity index (χ3v) is 14.3. The Kier molecular flexibility index (Phi) is 23.1. The number of H-pyrrole nitrogens is 1. The van der Waals surface area contributed by atoms with Crippen molar-refractivity contribution in [2.75, 3.05) is 52.3 Å². The molecule has 0 saturated carbocycles. The van der Waals surface area contributed by atoms with Gasteiger partial charge in [-0.2, -0.15) is 4.98 Å². The maximum atomic E-state index is 16.6. The van der Waals surface area contributed by atoms with Gasteiger partial charge in [-0.05, 0) is 109 Å². The number of aldehydes is 1. The number of alkyl halides is 1. The molecule has 16 heteroatoms. The summed E-state index contributed by atoms with van der Waals surface area (Å²) in [6.45, 7) is 17.4. The first kappa shape index (κ1) is 58.4. The minimum Gasteiger partial charge on any atom is -0.426 e. The Balaban J connectivity index is 0.000000328. The number of pyridine rings is 1. The molecule has 4 aromatic rings. The Morgan fingerprint density at radius 3 is 2.15 bits per heavy atom. The largest absolute Gasteiger partial charge is 0.426 e. The minimum atomic E-state index is -0.813. The lowest BCUT2D eigenvalue weighted by Gasteiger charge is -2.39. The quantitative estimate of drug-likeness (QED) is 0.0398. The fourth-order valence-corrected chi connectivity index (χ4v) is 10.4. The Morgan fingerprint density at radius 1 is 1.00 bits per heavy atom. The number of piperazine rings is 1. The number of hydrogen-bond acceptors (Lipinski definition) is 12. The molecule has 0 radical (unpaired) electrons. The van der Waals surface area contributed by atoms with Gasteiger partial charge in [0.1, 0.15) is 42.3 Å². The molecule has 13 nitrogen and oxygen atoms in total. The number of methoxy groups -OCH3 is 2. The van der Waals surface area contributed by atoms with Crippen molar-refractivity contribution in [3.8, 4) is 29.4 Å². The molecule has 0 aliphatic carbocycles. The molecule has 8 rings (SSSR count). The molecule has 0 spiro atoms. The Bertz CT molecular complexity index is 2440.